The quantitative estimate of drug-likeness (QED) is 0.781. The smallest absolute Gasteiger partial charge is 0.145 e. The predicted octanol–water partition coefficient (Wildman–Crippen LogP) is 2.70. The molecule has 0 fully saturated rings. The molecule has 0 aliphatic heterocycles. The van der Waals surface area contributed by atoms with E-state index >= 15 is 0 Å². The number of aromatic nitrogens is 2. The number of nitrogen functional groups attached to an aromatic ring is 1. The van der Waals surface area contributed by atoms with Gasteiger partial charge in [-0.05, 0) is 25.0 Å². The molecule has 0 bridgehead atoms. The van der Waals surface area contributed by atoms with Gasteiger partial charge >= 0.3 is 0 Å². The molecule has 3 N–H and O–H groups in total. The third-order valence-corrected chi connectivity index (χ3v) is 2.49. The van der Waals surface area contributed by atoms with Gasteiger partial charge in [-0.3, -0.25) is 5.10 Å². The van der Waals surface area contributed by atoms with Crippen molar-refractivity contribution in [2.24, 2.45) is 0 Å². The van der Waals surface area contributed by atoms with Crippen LogP contribution in [0.5, 0.6) is 0 Å². The van der Waals surface area contributed by atoms with E-state index in [4.69, 9.17) is 5.73 Å². The minimum atomic E-state index is 0. The lowest BCUT2D eigenvalue weighted by molar-refractivity contribution is 1.10. The van der Waals surface area contributed by atoms with Gasteiger partial charge in [0.05, 0.1) is 5.69 Å². The molecule has 1 aromatic heterocycles. The van der Waals surface area contributed by atoms with Crippen LogP contribution in [0.1, 0.15) is 11.1 Å². The molecule has 0 spiro atoms. The minimum Gasteiger partial charge on any atom is -0.382 e. The summed E-state index contributed by atoms with van der Waals surface area (Å²) in [6, 6.07) is 8.05. The predicted molar refractivity (Wildman–Crippen MR) is 65.2 cm³/mol. The number of hydrogen-bond acceptors (Lipinski definition) is 2. The summed E-state index contributed by atoms with van der Waals surface area (Å²) in [6.45, 7) is 4.19. The van der Waals surface area contributed by atoms with E-state index in [1.807, 2.05) is 12.1 Å². The maximum atomic E-state index is 5.56. The molecular formula is C11H14ClN3. The topological polar surface area (TPSA) is 54.7 Å². The Morgan fingerprint density at radius 3 is 2.60 bits per heavy atom. The SMILES string of the molecule is Cc1cccc(-c2cc(N)n[nH]2)c1C.Cl. The second-order valence-electron chi connectivity index (χ2n) is 3.45. The first-order valence-electron chi connectivity index (χ1n) is 4.56. The summed E-state index contributed by atoms with van der Waals surface area (Å²) in [7, 11) is 0. The zero-order valence-electron chi connectivity index (χ0n) is 8.74. The number of rotatable bonds is 1. The number of halogens is 1. The van der Waals surface area contributed by atoms with Crippen molar-refractivity contribution in [1.29, 1.82) is 0 Å². The van der Waals surface area contributed by atoms with Crippen molar-refractivity contribution < 1.29 is 0 Å². The number of nitrogens with two attached hydrogens (primary N) is 1. The Labute approximate surface area is 95.1 Å². The van der Waals surface area contributed by atoms with Gasteiger partial charge in [0.25, 0.3) is 0 Å². The fourth-order valence-corrected chi connectivity index (χ4v) is 1.52. The van der Waals surface area contributed by atoms with Crippen LogP contribution < -0.4 is 5.73 Å². The molecule has 15 heavy (non-hydrogen) atoms. The molecule has 4 heteroatoms. The van der Waals surface area contributed by atoms with Crippen LogP contribution in [0.25, 0.3) is 11.3 Å². The first-order chi connectivity index (χ1) is 6.68. The van der Waals surface area contributed by atoms with Crippen LogP contribution in [0.3, 0.4) is 0 Å². The van der Waals surface area contributed by atoms with Crippen LogP contribution >= 0.6 is 12.4 Å². The Balaban J connectivity index is 0.00000112. The van der Waals surface area contributed by atoms with Crippen molar-refractivity contribution in [2.75, 3.05) is 5.73 Å². The van der Waals surface area contributed by atoms with Crippen molar-refractivity contribution in [1.82, 2.24) is 10.2 Å². The van der Waals surface area contributed by atoms with E-state index in [0.29, 0.717) is 5.82 Å². The summed E-state index contributed by atoms with van der Waals surface area (Å²) in [4.78, 5) is 0. The Bertz CT molecular complexity index is 463. The van der Waals surface area contributed by atoms with E-state index in [-0.39, 0.29) is 12.4 Å². The lowest BCUT2D eigenvalue weighted by atomic mass is 10.0. The van der Waals surface area contributed by atoms with E-state index in [1.165, 1.54) is 11.1 Å². The molecule has 0 radical (unpaired) electrons. The summed E-state index contributed by atoms with van der Waals surface area (Å²) in [5.41, 5.74) is 10.2. The number of H-pyrrole nitrogens is 1. The van der Waals surface area contributed by atoms with Gasteiger partial charge in [0, 0.05) is 11.6 Å². The number of aryl methyl sites for hydroxylation is 1. The number of aromatic amines is 1. The first kappa shape index (κ1) is 11.6. The highest BCUT2D eigenvalue weighted by molar-refractivity contribution is 5.85. The first-order valence-corrected chi connectivity index (χ1v) is 4.56. The van der Waals surface area contributed by atoms with Crippen molar-refractivity contribution in [2.45, 2.75) is 13.8 Å². The van der Waals surface area contributed by atoms with E-state index in [1.54, 1.807) is 0 Å². The maximum absolute atomic E-state index is 5.56. The van der Waals surface area contributed by atoms with E-state index in [0.717, 1.165) is 11.3 Å². The zero-order chi connectivity index (χ0) is 10.1. The molecule has 0 saturated carbocycles. The third kappa shape index (κ3) is 2.13. The second kappa shape index (κ2) is 4.36. The number of nitrogens with zero attached hydrogens (tertiary/aromatic N) is 1. The lowest BCUT2D eigenvalue weighted by Gasteiger charge is -2.05. The van der Waals surface area contributed by atoms with Gasteiger partial charge in [0.2, 0.25) is 0 Å². The highest BCUT2D eigenvalue weighted by Gasteiger charge is 2.05. The molecule has 1 aromatic carbocycles. The highest BCUT2D eigenvalue weighted by Crippen LogP contribution is 2.24. The highest BCUT2D eigenvalue weighted by atomic mass is 35.5. The van der Waals surface area contributed by atoms with Gasteiger partial charge in [0.15, 0.2) is 0 Å². The van der Waals surface area contributed by atoms with E-state index in [9.17, 15) is 0 Å². The summed E-state index contributed by atoms with van der Waals surface area (Å²) in [6.07, 6.45) is 0. The largest absolute Gasteiger partial charge is 0.382 e. The van der Waals surface area contributed by atoms with Gasteiger partial charge in [0.1, 0.15) is 5.82 Å². The van der Waals surface area contributed by atoms with Crippen molar-refractivity contribution in [3.05, 3.63) is 35.4 Å². The van der Waals surface area contributed by atoms with Crippen molar-refractivity contribution in [3.8, 4) is 11.3 Å². The van der Waals surface area contributed by atoms with Gasteiger partial charge < -0.3 is 5.73 Å². The van der Waals surface area contributed by atoms with Gasteiger partial charge in [-0.2, -0.15) is 5.10 Å². The number of anilines is 1. The van der Waals surface area contributed by atoms with Crippen molar-refractivity contribution in [3.63, 3.8) is 0 Å². The molecule has 3 nitrogen and oxygen atoms in total. The zero-order valence-corrected chi connectivity index (χ0v) is 9.56. The average molecular weight is 224 g/mol. The maximum Gasteiger partial charge on any atom is 0.145 e. The fraction of sp³-hybridized carbons (Fsp3) is 0.182. The number of benzene rings is 1. The molecule has 2 rings (SSSR count). The fourth-order valence-electron chi connectivity index (χ4n) is 1.52. The Kier molecular flexibility index (Phi) is 3.37. The van der Waals surface area contributed by atoms with Gasteiger partial charge in [-0.25, -0.2) is 0 Å². The molecule has 0 aliphatic rings. The molecule has 2 aromatic rings. The Morgan fingerprint density at radius 2 is 2.00 bits per heavy atom. The molecule has 1 heterocycles. The summed E-state index contributed by atoms with van der Waals surface area (Å²) < 4.78 is 0. The monoisotopic (exact) mass is 223 g/mol. The van der Waals surface area contributed by atoms with Crippen LogP contribution in [0.2, 0.25) is 0 Å². The second-order valence-corrected chi connectivity index (χ2v) is 3.45. The van der Waals surface area contributed by atoms with Crippen molar-refractivity contribution >= 4 is 18.2 Å². The van der Waals surface area contributed by atoms with E-state index in [2.05, 4.69) is 36.2 Å². The average Bonchev–Trinajstić information content (AvgIpc) is 2.57. The standard InChI is InChI=1S/C11H13N3.ClH/c1-7-4-3-5-9(8(7)2)10-6-11(12)14-13-10;/h3-6H,1-2H3,(H3,12,13,14);1H. The molecule has 0 unspecified atom stereocenters. The molecule has 0 atom stereocenters. The van der Waals surface area contributed by atoms with Crippen LogP contribution in [0.4, 0.5) is 5.82 Å². The number of hydrogen-bond donors (Lipinski definition) is 2. The van der Waals surface area contributed by atoms with E-state index < -0.39 is 0 Å². The summed E-state index contributed by atoms with van der Waals surface area (Å²) >= 11 is 0. The Hall–Kier alpha value is -1.48. The van der Waals surface area contributed by atoms with Crippen LogP contribution in [0.15, 0.2) is 24.3 Å². The summed E-state index contributed by atoms with van der Waals surface area (Å²) in [5, 5.41) is 6.83. The van der Waals surface area contributed by atoms with Crippen LogP contribution in [-0.4, -0.2) is 10.2 Å². The van der Waals surface area contributed by atoms with Crippen LogP contribution in [-0.2, 0) is 0 Å². The molecule has 0 aliphatic carbocycles. The minimum absolute atomic E-state index is 0. The van der Waals surface area contributed by atoms with Gasteiger partial charge in [-0.1, -0.05) is 18.2 Å². The third-order valence-electron chi connectivity index (χ3n) is 2.49. The lowest BCUT2D eigenvalue weighted by Crippen LogP contribution is -1.86. The van der Waals surface area contributed by atoms with Crippen LogP contribution in [0, 0.1) is 13.8 Å². The Morgan fingerprint density at radius 1 is 1.27 bits per heavy atom. The summed E-state index contributed by atoms with van der Waals surface area (Å²) in [5.74, 6) is 0.529. The molecule has 0 saturated heterocycles. The molecular weight excluding hydrogens is 210 g/mol. The van der Waals surface area contributed by atoms with Gasteiger partial charge in [-0.15, -0.1) is 12.4 Å². The molecule has 80 valence electrons. The normalized spacial score (nSPS) is 9.73. The molecule has 0 amide bonds. The number of nitrogens with one attached hydrogen (secondary N) is 1.